The summed E-state index contributed by atoms with van der Waals surface area (Å²) in [5, 5.41) is 0.846. The van der Waals surface area contributed by atoms with Crippen LogP contribution in [0.4, 0.5) is 13.2 Å². The second-order valence-electron chi connectivity index (χ2n) is 4.01. The van der Waals surface area contributed by atoms with Crippen molar-refractivity contribution in [1.82, 2.24) is 4.98 Å². The van der Waals surface area contributed by atoms with Crippen LogP contribution < -0.4 is 0 Å². The maximum atomic E-state index is 12.6. The van der Waals surface area contributed by atoms with E-state index in [-0.39, 0.29) is 10.9 Å². The number of benzene rings is 1. The van der Waals surface area contributed by atoms with Gasteiger partial charge in [-0.05, 0) is 12.1 Å². The zero-order valence-corrected chi connectivity index (χ0v) is 10.7. The molecule has 17 heavy (non-hydrogen) atoms. The SMILES string of the molecule is CC(C)c1nc2c(Cl)cc(C(F)(F)F)cc2s1. The van der Waals surface area contributed by atoms with Gasteiger partial charge < -0.3 is 0 Å². The van der Waals surface area contributed by atoms with Gasteiger partial charge in [0, 0.05) is 5.92 Å². The van der Waals surface area contributed by atoms with Crippen LogP contribution in [0, 0.1) is 0 Å². The van der Waals surface area contributed by atoms with E-state index in [1.54, 1.807) is 0 Å². The first-order valence-electron chi connectivity index (χ1n) is 4.96. The maximum Gasteiger partial charge on any atom is 0.416 e. The number of aromatic nitrogens is 1. The van der Waals surface area contributed by atoms with Crippen LogP contribution in [-0.4, -0.2) is 4.98 Å². The van der Waals surface area contributed by atoms with E-state index in [0.717, 1.165) is 17.1 Å². The fourth-order valence-electron chi connectivity index (χ4n) is 1.42. The molecule has 0 unspecified atom stereocenters. The van der Waals surface area contributed by atoms with E-state index in [9.17, 15) is 13.2 Å². The molecule has 1 nitrogen and oxygen atoms in total. The van der Waals surface area contributed by atoms with Gasteiger partial charge in [0.25, 0.3) is 0 Å². The first-order chi connectivity index (χ1) is 7.79. The Morgan fingerprint density at radius 3 is 2.47 bits per heavy atom. The Bertz CT molecular complexity index is 560. The van der Waals surface area contributed by atoms with Crippen molar-refractivity contribution in [2.75, 3.05) is 0 Å². The molecule has 0 fully saturated rings. The highest BCUT2D eigenvalue weighted by Gasteiger charge is 2.31. The van der Waals surface area contributed by atoms with E-state index in [0.29, 0.717) is 10.2 Å². The van der Waals surface area contributed by atoms with E-state index in [1.807, 2.05) is 13.8 Å². The lowest BCUT2D eigenvalue weighted by Gasteiger charge is -2.06. The molecule has 0 spiro atoms. The predicted octanol–water partition coefficient (Wildman–Crippen LogP) is 5.09. The van der Waals surface area contributed by atoms with Crippen molar-refractivity contribution in [2.45, 2.75) is 25.9 Å². The number of hydrogen-bond donors (Lipinski definition) is 0. The standard InChI is InChI=1S/C11H9ClF3NS/c1-5(2)10-16-9-7(12)3-6(11(13,14)15)4-8(9)17-10/h3-5H,1-2H3. The van der Waals surface area contributed by atoms with Gasteiger partial charge in [0.15, 0.2) is 0 Å². The molecule has 1 aromatic heterocycles. The highest BCUT2D eigenvalue weighted by molar-refractivity contribution is 7.18. The first kappa shape index (κ1) is 12.6. The highest BCUT2D eigenvalue weighted by Crippen LogP contribution is 2.38. The summed E-state index contributed by atoms with van der Waals surface area (Å²) < 4.78 is 38.2. The molecule has 2 aromatic rings. The monoisotopic (exact) mass is 279 g/mol. The summed E-state index contributed by atoms with van der Waals surface area (Å²) in [7, 11) is 0. The summed E-state index contributed by atoms with van der Waals surface area (Å²) in [4.78, 5) is 4.25. The van der Waals surface area contributed by atoms with E-state index >= 15 is 0 Å². The van der Waals surface area contributed by atoms with Crippen LogP contribution in [0.2, 0.25) is 5.02 Å². The molecule has 0 saturated carbocycles. The molecule has 0 saturated heterocycles. The van der Waals surface area contributed by atoms with Crippen LogP contribution in [0.5, 0.6) is 0 Å². The van der Waals surface area contributed by atoms with Gasteiger partial charge in [-0.1, -0.05) is 25.4 Å². The lowest BCUT2D eigenvalue weighted by atomic mass is 10.2. The minimum atomic E-state index is -4.38. The van der Waals surface area contributed by atoms with Gasteiger partial charge in [-0.15, -0.1) is 11.3 Å². The molecule has 0 atom stereocenters. The molecular formula is C11H9ClF3NS. The van der Waals surface area contributed by atoms with E-state index in [2.05, 4.69) is 4.98 Å². The van der Waals surface area contributed by atoms with E-state index in [1.165, 1.54) is 11.3 Å². The second-order valence-corrected chi connectivity index (χ2v) is 5.48. The third kappa shape index (κ3) is 2.40. The molecule has 6 heteroatoms. The number of halogens is 4. The van der Waals surface area contributed by atoms with Gasteiger partial charge in [-0.25, -0.2) is 4.98 Å². The van der Waals surface area contributed by atoms with Crippen molar-refractivity contribution in [3.05, 3.63) is 27.7 Å². The van der Waals surface area contributed by atoms with E-state index in [4.69, 9.17) is 11.6 Å². The van der Waals surface area contributed by atoms with Crippen molar-refractivity contribution in [3.8, 4) is 0 Å². The van der Waals surface area contributed by atoms with Crippen molar-refractivity contribution in [1.29, 1.82) is 0 Å². The summed E-state index contributed by atoms with van der Waals surface area (Å²) in [5.41, 5.74) is -0.276. The molecule has 2 rings (SSSR count). The van der Waals surface area contributed by atoms with E-state index < -0.39 is 11.7 Å². The third-order valence-corrected chi connectivity index (χ3v) is 3.88. The fourth-order valence-corrected chi connectivity index (χ4v) is 2.77. The number of rotatable bonds is 1. The molecule has 92 valence electrons. The van der Waals surface area contributed by atoms with Gasteiger partial charge >= 0.3 is 6.18 Å². The summed E-state index contributed by atoms with van der Waals surface area (Å²) >= 11 is 7.08. The van der Waals surface area contributed by atoms with Crippen LogP contribution in [0.25, 0.3) is 10.2 Å². The average Bonchev–Trinajstić information content (AvgIpc) is 2.60. The van der Waals surface area contributed by atoms with Crippen LogP contribution in [0.1, 0.15) is 30.3 Å². The minimum absolute atomic E-state index is 0.0537. The molecule has 0 bridgehead atoms. The number of alkyl halides is 3. The third-order valence-electron chi connectivity index (χ3n) is 2.29. The molecule has 1 heterocycles. The quantitative estimate of drug-likeness (QED) is 0.708. The van der Waals surface area contributed by atoms with Gasteiger partial charge in [0.2, 0.25) is 0 Å². The first-order valence-corrected chi connectivity index (χ1v) is 6.15. The lowest BCUT2D eigenvalue weighted by Crippen LogP contribution is -2.04. The summed E-state index contributed by atoms with van der Waals surface area (Å²) in [5.74, 6) is 0.179. The van der Waals surface area contributed by atoms with Crippen molar-refractivity contribution < 1.29 is 13.2 Å². The number of hydrogen-bond acceptors (Lipinski definition) is 2. The number of thiazole rings is 1. The Morgan fingerprint density at radius 2 is 1.94 bits per heavy atom. The number of nitrogens with zero attached hydrogens (tertiary/aromatic N) is 1. The summed E-state index contributed by atoms with van der Waals surface area (Å²) in [6.07, 6.45) is -4.38. The second kappa shape index (κ2) is 4.14. The number of fused-ring (bicyclic) bond motifs is 1. The van der Waals surface area contributed by atoms with Gasteiger partial charge in [-0.2, -0.15) is 13.2 Å². The van der Waals surface area contributed by atoms with Gasteiger partial charge in [-0.3, -0.25) is 0 Å². The molecule has 0 aliphatic rings. The lowest BCUT2D eigenvalue weighted by molar-refractivity contribution is -0.137. The Morgan fingerprint density at radius 1 is 1.29 bits per heavy atom. The maximum absolute atomic E-state index is 12.6. The van der Waals surface area contributed by atoms with Gasteiger partial charge in [0.05, 0.1) is 20.3 Å². The molecule has 0 aliphatic heterocycles. The fraction of sp³-hybridized carbons (Fsp3) is 0.364. The Kier molecular flexibility index (Phi) is 3.08. The normalized spacial score (nSPS) is 12.6. The molecule has 0 radical (unpaired) electrons. The van der Waals surface area contributed by atoms with Crippen molar-refractivity contribution in [3.63, 3.8) is 0 Å². The van der Waals surface area contributed by atoms with Crippen molar-refractivity contribution >= 4 is 33.2 Å². The zero-order chi connectivity index (χ0) is 12.8. The minimum Gasteiger partial charge on any atom is -0.239 e. The van der Waals surface area contributed by atoms with Gasteiger partial charge in [0.1, 0.15) is 5.52 Å². The highest BCUT2D eigenvalue weighted by atomic mass is 35.5. The molecular weight excluding hydrogens is 271 g/mol. The zero-order valence-electron chi connectivity index (χ0n) is 9.10. The molecule has 0 amide bonds. The summed E-state index contributed by atoms with van der Waals surface area (Å²) in [6.45, 7) is 3.88. The van der Waals surface area contributed by atoms with Crippen LogP contribution in [0.15, 0.2) is 12.1 Å². The Hall–Kier alpha value is -0.810. The Balaban J connectivity index is 2.65. The topological polar surface area (TPSA) is 12.9 Å². The molecule has 0 N–H and O–H groups in total. The summed E-state index contributed by atoms with van der Waals surface area (Å²) in [6, 6.07) is 2.03. The smallest absolute Gasteiger partial charge is 0.239 e. The Labute approximate surface area is 105 Å². The van der Waals surface area contributed by atoms with Crippen molar-refractivity contribution in [2.24, 2.45) is 0 Å². The largest absolute Gasteiger partial charge is 0.416 e. The molecule has 0 aliphatic carbocycles. The average molecular weight is 280 g/mol. The van der Waals surface area contributed by atoms with Crippen LogP contribution >= 0.6 is 22.9 Å². The predicted molar refractivity (Wildman–Crippen MR) is 63.7 cm³/mol. The van der Waals surface area contributed by atoms with Crippen LogP contribution in [-0.2, 0) is 6.18 Å². The van der Waals surface area contributed by atoms with Crippen LogP contribution in [0.3, 0.4) is 0 Å². The molecule has 1 aromatic carbocycles.